The number of aryl methyl sites for hydroxylation is 2. The van der Waals surface area contributed by atoms with Crippen LogP contribution in [0.5, 0.6) is 0 Å². The van der Waals surface area contributed by atoms with Gasteiger partial charge >= 0.3 is 0 Å². The maximum Gasteiger partial charge on any atom is 0.267 e. The van der Waals surface area contributed by atoms with Crippen LogP contribution in [0, 0.1) is 13.8 Å². The van der Waals surface area contributed by atoms with E-state index in [0.717, 1.165) is 5.56 Å². The van der Waals surface area contributed by atoms with Crippen LogP contribution in [0.25, 0.3) is 16.7 Å². The number of carbonyl (C=O) groups excluding carboxylic acids is 1. The summed E-state index contributed by atoms with van der Waals surface area (Å²) in [6.45, 7) is 3.71. The van der Waals surface area contributed by atoms with Crippen LogP contribution in [0.4, 0.5) is 5.69 Å². The number of anilines is 1. The summed E-state index contributed by atoms with van der Waals surface area (Å²) >= 11 is 0. The largest absolute Gasteiger partial charge is 0.322 e. The van der Waals surface area contributed by atoms with Gasteiger partial charge in [0, 0.05) is 17.4 Å². The van der Waals surface area contributed by atoms with E-state index in [9.17, 15) is 9.59 Å². The molecule has 6 nitrogen and oxygen atoms in total. The maximum atomic E-state index is 12.8. The van der Waals surface area contributed by atoms with Gasteiger partial charge in [0.25, 0.3) is 11.5 Å². The van der Waals surface area contributed by atoms with Crippen molar-refractivity contribution in [3.05, 3.63) is 94.2 Å². The molecule has 1 amide bonds. The number of nitrogens with zero attached hydrogens (tertiary/aromatic N) is 3. The van der Waals surface area contributed by atoms with Crippen LogP contribution >= 0.6 is 0 Å². The van der Waals surface area contributed by atoms with Crippen LogP contribution in [-0.2, 0) is 0 Å². The quantitative estimate of drug-likeness (QED) is 0.597. The number of carbonyl (C=O) groups is 1. The van der Waals surface area contributed by atoms with Gasteiger partial charge in [0.2, 0.25) is 0 Å². The molecule has 0 unspecified atom stereocenters. The molecule has 0 atom stereocenters. The predicted molar refractivity (Wildman–Crippen MR) is 109 cm³/mol. The number of nitrogens with one attached hydrogen (secondary N) is 1. The Bertz CT molecular complexity index is 1240. The maximum absolute atomic E-state index is 12.8. The van der Waals surface area contributed by atoms with Gasteiger partial charge in [0.1, 0.15) is 5.82 Å². The van der Waals surface area contributed by atoms with Crippen LogP contribution in [0.15, 0.2) is 71.7 Å². The van der Waals surface area contributed by atoms with Gasteiger partial charge in [0.15, 0.2) is 5.65 Å². The van der Waals surface area contributed by atoms with Gasteiger partial charge in [-0.1, -0.05) is 17.7 Å². The van der Waals surface area contributed by atoms with Gasteiger partial charge < -0.3 is 5.32 Å². The Morgan fingerprint density at radius 3 is 2.54 bits per heavy atom. The molecule has 0 aliphatic carbocycles. The number of hydrogen-bond donors (Lipinski definition) is 1. The minimum atomic E-state index is -0.178. The van der Waals surface area contributed by atoms with E-state index in [2.05, 4.69) is 15.3 Å². The van der Waals surface area contributed by atoms with E-state index in [1.54, 1.807) is 55.6 Å². The summed E-state index contributed by atoms with van der Waals surface area (Å²) in [7, 11) is 0. The lowest BCUT2D eigenvalue weighted by molar-refractivity contribution is 0.102. The topological polar surface area (TPSA) is 76.9 Å². The fourth-order valence-corrected chi connectivity index (χ4v) is 3.11. The van der Waals surface area contributed by atoms with Crippen molar-refractivity contribution in [2.75, 3.05) is 5.32 Å². The molecule has 0 radical (unpaired) electrons. The average molecular weight is 370 g/mol. The van der Waals surface area contributed by atoms with Gasteiger partial charge in [-0.25, -0.2) is 9.97 Å². The summed E-state index contributed by atoms with van der Waals surface area (Å²) in [5.41, 5.74) is 3.21. The predicted octanol–water partition coefficient (Wildman–Crippen LogP) is 3.65. The fraction of sp³-hybridized carbons (Fsp3) is 0.0909. The third-order valence-corrected chi connectivity index (χ3v) is 4.48. The monoisotopic (exact) mass is 370 g/mol. The summed E-state index contributed by atoms with van der Waals surface area (Å²) in [5.74, 6) is 0.371. The summed E-state index contributed by atoms with van der Waals surface area (Å²) in [4.78, 5) is 33.8. The van der Waals surface area contributed by atoms with Gasteiger partial charge in [-0.3, -0.25) is 14.2 Å². The minimum Gasteiger partial charge on any atom is -0.322 e. The molecular formula is C22H18N4O2. The molecular weight excluding hydrogens is 352 g/mol. The van der Waals surface area contributed by atoms with Crippen molar-refractivity contribution in [1.29, 1.82) is 0 Å². The first kappa shape index (κ1) is 17.6. The highest BCUT2D eigenvalue weighted by Crippen LogP contribution is 2.16. The third-order valence-electron chi connectivity index (χ3n) is 4.48. The summed E-state index contributed by atoms with van der Waals surface area (Å²) in [6, 6.07) is 17.9. The molecule has 4 rings (SSSR count). The molecule has 2 aromatic heterocycles. The standard InChI is InChI=1S/C22H18N4O2/c1-14-5-3-6-16(13-14)21(27)25-17-8-10-18(11-9-17)26-15(2)24-20-19(22(26)28)7-4-12-23-20/h3-13H,1-2H3,(H,25,27). The lowest BCUT2D eigenvalue weighted by Gasteiger charge is -2.11. The SMILES string of the molecule is Cc1cccc(C(=O)Nc2ccc(-n3c(C)nc4ncccc4c3=O)cc2)c1. The van der Waals surface area contributed by atoms with Gasteiger partial charge in [0.05, 0.1) is 11.1 Å². The highest BCUT2D eigenvalue weighted by molar-refractivity contribution is 6.04. The number of pyridine rings is 1. The van der Waals surface area contributed by atoms with E-state index in [1.807, 2.05) is 25.1 Å². The Kier molecular flexibility index (Phi) is 4.45. The molecule has 4 aromatic rings. The van der Waals surface area contributed by atoms with E-state index in [0.29, 0.717) is 33.8 Å². The van der Waals surface area contributed by atoms with Crippen LogP contribution in [0.1, 0.15) is 21.7 Å². The Balaban J connectivity index is 1.65. The molecule has 0 spiro atoms. The lowest BCUT2D eigenvalue weighted by atomic mass is 10.1. The van der Waals surface area contributed by atoms with Gasteiger partial charge in [-0.05, 0) is 62.4 Å². The van der Waals surface area contributed by atoms with Crippen LogP contribution in [-0.4, -0.2) is 20.4 Å². The number of fused-ring (bicyclic) bond motifs is 1. The molecule has 0 fully saturated rings. The first-order valence-corrected chi connectivity index (χ1v) is 8.86. The molecule has 1 N–H and O–H groups in total. The van der Waals surface area contributed by atoms with Crippen molar-refractivity contribution >= 4 is 22.6 Å². The van der Waals surface area contributed by atoms with Crippen LogP contribution in [0.2, 0.25) is 0 Å². The summed E-state index contributed by atoms with van der Waals surface area (Å²) < 4.78 is 1.54. The highest BCUT2D eigenvalue weighted by atomic mass is 16.1. The van der Waals surface area contributed by atoms with Crippen LogP contribution < -0.4 is 10.9 Å². The third kappa shape index (κ3) is 3.27. The highest BCUT2D eigenvalue weighted by Gasteiger charge is 2.11. The van der Waals surface area contributed by atoms with E-state index in [1.165, 1.54) is 4.57 Å². The molecule has 138 valence electrons. The first-order chi connectivity index (χ1) is 13.5. The Hall–Kier alpha value is -3.80. The van der Waals surface area contributed by atoms with Gasteiger partial charge in [-0.15, -0.1) is 0 Å². The van der Waals surface area contributed by atoms with Crippen molar-refractivity contribution in [1.82, 2.24) is 14.5 Å². The molecule has 0 bridgehead atoms. The Morgan fingerprint density at radius 1 is 1.00 bits per heavy atom. The smallest absolute Gasteiger partial charge is 0.267 e. The van der Waals surface area contributed by atoms with E-state index >= 15 is 0 Å². The molecule has 28 heavy (non-hydrogen) atoms. The van der Waals surface area contributed by atoms with Crippen molar-refractivity contribution in [3.8, 4) is 5.69 Å². The van der Waals surface area contributed by atoms with Gasteiger partial charge in [-0.2, -0.15) is 0 Å². The van der Waals surface area contributed by atoms with Crippen molar-refractivity contribution in [3.63, 3.8) is 0 Å². The zero-order valence-corrected chi connectivity index (χ0v) is 15.5. The van der Waals surface area contributed by atoms with Crippen LogP contribution in [0.3, 0.4) is 0 Å². The van der Waals surface area contributed by atoms with E-state index < -0.39 is 0 Å². The Labute approximate surface area is 161 Å². The molecule has 0 saturated carbocycles. The number of aromatic nitrogens is 3. The molecule has 6 heteroatoms. The fourth-order valence-electron chi connectivity index (χ4n) is 3.11. The van der Waals surface area contributed by atoms with Crippen molar-refractivity contribution < 1.29 is 4.79 Å². The normalized spacial score (nSPS) is 10.8. The van der Waals surface area contributed by atoms with Crippen molar-refractivity contribution in [2.45, 2.75) is 13.8 Å². The average Bonchev–Trinajstić information content (AvgIpc) is 2.69. The second-order valence-electron chi connectivity index (χ2n) is 6.54. The molecule has 0 saturated heterocycles. The van der Waals surface area contributed by atoms with Crippen molar-refractivity contribution in [2.24, 2.45) is 0 Å². The molecule has 2 heterocycles. The van der Waals surface area contributed by atoms with E-state index in [-0.39, 0.29) is 11.5 Å². The number of amides is 1. The number of benzene rings is 2. The summed E-state index contributed by atoms with van der Waals surface area (Å²) in [5, 5.41) is 3.33. The minimum absolute atomic E-state index is 0.174. The Morgan fingerprint density at radius 2 is 1.79 bits per heavy atom. The zero-order valence-electron chi connectivity index (χ0n) is 15.5. The molecule has 0 aliphatic rings. The number of rotatable bonds is 3. The first-order valence-electron chi connectivity index (χ1n) is 8.86. The van der Waals surface area contributed by atoms with E-state index in [4.69, 9.17) is 0 Å². The zero-order chi connectivity index (χ0) is 19.7. The molecule has 0 aliphatic heterocycles. The lowest BCUT2D eigenvalue weighted by Crippen LogP contribution is -2.22. The molecule has 2 aromatic carbocycles. The summed E-state index contributed by atoms with van der Waals surface area (Å²) in [6.07, 6.45) is 1.62. The second kappa shape index (κ2) is 7.08. The number of hydrogen-bond acceptors (Lipinski definition) is 4. The second-order valence-corrected chi connectivity index (χ2v) is 6.54.